The van der Waals surface area contributed by atoms with Gasteiger partial charge in [0.1, 0.15) is 5.69 Å². The highest BCUT2D eigenvalue weighted by Crippen LogP contribution is 2.33. The molecular weight excluding hydrogens is 424 g/mol. The van der Waals surface area contributed by atoms with Crippen LogP contribution < -0.4 is 10.1 Å². The van der Waals surface area contributed by atoms with Crippen LogP contribution in [0.2, 0.25) is 0 Å². The Labute approximate surface area is 168 Å². The van der Waals surface area contributed by atoms with Gasteiger partial charge in [-0.25, -0.2) is 0 Å². The van der Waals surface area contributed by atoms with Crippen molar-refractivity contribution < 1.29 is 32.9 Å². The molecule has 1 heterocycles. The van der Waals surface area contributed by atoms with Crippen molar-refractivity contribution in [1.82, 2.24) is 20.2 Å². The molecule has 3 aromatic rings. The zero-order chi connectivity index (χ0) is 21.2. The van der Waals surface area contributed by atoms with Gasteiger partial charge in [-0.15, -0.1) is 15.0 Å². The SMILES string of the molecule is COc1cc([N+](=O)[O-])c(S(=O)(=O)O)cc1-n1nnc(C(=O)Nc2ccccc2)n1.O. The number of nitrogens with zero attached hydrogens (tertiary/aromatic N) is 5. The third kappa shape index (κ3) is 4.54. The smallest absolute Gasteiger partial charge is 0.301 e. The van der Waals surface area contributed by atoms with Gasteiger partial charge >= 0.3 is 10.1 Å². The molecule has 0 atom stereocenters. The molecule has 0 radical (unpaired) electrons. The summed E-state index contributed by atoms with van der Waals surface area (Å²) in [7, 11) is -3.77. The van der Waals surface area contributed by atoms with Crippen LogP contribution >= 0.6 is 0 Å². The van der Waals surface area contributed by atoms with Crippen LogP contribution in [0.1, 0.15) is 10.6 Å². The van der Waals surface area contributed by atoms with Crippen molar-refractivity contribution >= 4 is 27.4 Å². The molecule has 30 heavy (non-hydrogen) atoms. The first-order valence-electron chi connectivity index (χ1n) is 7.71. The highest BCUT2D eigenvalue weighted by Gasteiger charge is 2.29. The Morgan fingerprint density at radius 1 is 1.27 bits per heavy atom. The second kappa shape index (κ2) is 8.60. The first kappa shape index (κ1) is 22.3. The van der Waals surface area contributed by atoms with E-state index in [4.69, 9.17) is 4.74 Å². The van der Waals surface area contributed by atoms with E-state index in [0.717, 1.165) is 16.9 Å². The molecule has 0 aliphatic carbocycles. The Bertz CT molecular complexity index is 1200. The summed E-state index contributed by atoms with van der Waals surface area (Å²) in [5, 5.41) is 24.7. The lowest BCUT2D eigenvalue weighted by atomic mass is 10.2. The third-order valence-corrected chi connectivity index (χ3v) is 4.48. The van der Waals surface area contributed by atoms with E-state index in [9.17, 15) is 27.9 Å². The van der Waals surface area contributed by atoms with Crippen LogP contribution in [-0.2, 0) is 10.1 Å². The minimum atomic E-state index is -4.95. The minimum Gasteiger partial charge on any atom is -0.494 e. The number of aromatic nitrogens is 4. The van der Waals surface area contributed by atoms with Gasteiger partial charge in [0.25, 0.3) is 17.4 Å². The summed E-state index contributed by atoms with van der Waals surface area (Å²) in [6.07, 6.45) is 0. The molecule has 2 aromatic carbocycles. The lowest BCUT2D eigenvalue weighted by molar-refractivity contribution is -0.388. The highest BCUT2D eigenvalue weighted by molar-refractivity contribution is 7.86. The third-order valence-electron chi connectivity index (χ3n) is 3.60. The first-order chi connectivity index (χ1) is 13.7. The fourth-order valence-electron chi connectivity index (χ4n) is 2.32. The zero-order valence-electron chi connectivity index (χ0n) is 15.1. The fraction of sp³-hybridized carbons (Fsp3) is 0.0667. The van der Waals surface area contributed by atoms with Crippen LogP contribution in [0, 0.1) is 10.1 Å². The van der Waals surface area contributed by atoms with E-state index in [0.29, 0.717) is 5.69 Å². The number of nitro groups is 1. The van der Waals surface area contributed by atoms with Gasteiger partial charge in [0.2, 0.25) is 0 Å². The van der Waals surface area contributed by atoms with E-state index in [2.05, 4.69) is 20.7 Å². The molecule has 4 N–H and O–H groups in total. The number of anilines is 1. The molecule has 3 rings (SSSR count). The largest absolute Gasteiger partial charge is 0.494 e. The Morgan fingerprint density at radius 2 is 1.93 bits per heavy atom. The van der Waals surface area contributed by atoms with Crippen LogP contribution in [0.15, 0.2) is 47.4 Å². The number of hydrogen-bond acceptors (Lipinski definition) is 9. The first-order valence-corrected chi connectivity index (χ1v) is 9.15. The number of amides is 1. The Balaban J connectivity index is 0.00000320. The van der Waals surface area contributed by atoms with Crippen LogP contribution in [0.25, 0.3) is 5.69 Å². The molecule has 1 aromatic heterocycles. The van der Waals surface area contributed by atoms with Gasteiger partial charge in [-0.2, -0.15) is 8.42 Å². The van der Waals surface area contributed by atoms with Gasteiger partial charge in [-0.3, -0.25) is 19.5 Å². The second-order valence-electron chi connectivity index (χ2n) is 5.45. The van der Waals surface area contributed by atoms with Crippen LogP contribution in [0.4, 0.5) is 11.4 Å². The van der Waals surface area contributed by atoms with Crippen molar-refractivity contribution in [2.45, 2.75) is 4.90 Å². The highest BCUT2D eigenvalue weighted by atomic mass is 32.2. The topological polar surface area (TPSA) is 211 Å². The maximum Gasteiger partial charge on any atom is 0.301 e. The number of tetrazole rings is 1. The summed E-state index contributed by atoms with van der Waals surface area (Å²) in [6.45, 7) is 0. The van der Waals surface area contributed by atoms with Gasteiger partial charge in [-0.05, 0) is 23.4 Å². The number of hydrogen-bond donors (Lipinski definition) is 2. The fourth-order valence-corrected chi connectivity index (χ4v) is 2.98. The summed E-state index contributed by atoms with van der Waals surface area (Å²) in [5.41, 5.74) is -0.623. The Hall–Kier alpha value is -3.95. The van der Waals surface area contributed by atoms with E-state index in [-0.39, 0.29) is 22.7 Å². The molecule has 0 aliphatic heterocycles. The molecule has 0 spiro atoms. The van der Waals surface area contributed by atoms with Crippen molar-refractivity contribution in [3.05, 3.63) is 58.4 Å². The maximum atomic E-state index is 12.2. The molecule has 0 aliphatic rings. The van der Waals surface area contributed by atoms with Crippen LogP contribution in [0.3, 0.4) is 0 Å². The van der Waals surface area contributed by atoms with Crippen molar-refractivity contribution in [2.75, 3.05) is 12.4 Å². The summed E-state index contributed by atoms with van der Waals surface area (Å²) in [4.78, 5) is 22.1. The molecular formula is C15H14N6O8S. The average molecular weight is 438 g/mol. The number of ether oxygens (including phenoxy) is 1. The number of carbonyl (C=O) groups is 1. The zero-order valence-corrected chi connectivity index (χ0v) is 15.9. The Kier molecular flexibility index (Phi) is 6.40. The van der Waals surface area contributed by atoms with E-state index < -0.39 is 31.5 Å². The van der Waals surface area contributed by atoms with Gasteiger partial charge in [0, 0.05) is 5.69 Å². The van der Waals surface area contributed by atoms with Crippen molar-refractivity contribution in [2.24, 2.45) is 0 Å². The van der Waals surface area contributed by atoms with Crippen molar-refractivity contribution in [1.29, 1.82) is 0 Å². The lowest BCUT2D eigenvalue weighted by Gasteiger charge is -2.09. The normalized spacial score (nSPS) is 10.7. The summed E-state index contributed by atoms with van der Waals surface area (Å²) in [6, 6.07) is 9.98. The number of methoxy groups -OCH3 is 1. The molecule has 158 valence electrons. The molecule has 1 amide bonds. The Morgan fingerprint density at radius 3 is 2.50 bits per heavy atom. The van der Waals surface area contributed by atoms with Gasteiger partial charge < -0.3 is 15.5 Å². The molecule has 0 saturated carbocycles. The van der Waals surface area contributed by atoms with Crippen LogP contribution in [0.5, 0.6) is 5.75 Å². The standard InChI is InChI=1S/C15H12N6O7S.H2O/c1-28-12-7-11(21(23)24)13(29(25,26)27)8-10(12)20-18-14(17-19-20)15(22)16-9-5-3-2-4-6-9;/h2-8H,1H3,(H,16,22)(H,25,26,27);1H2. The van der Waals surface area contributed by atoms with Gasteiger partial charge in [0.15, 0.2) is 10.6 Å². The molecule has 14 nitrogen and oxygen atoms in total. The molecule has 15 heteroatoms. The molecule has 0 unspecified atom stereocenters. The number of nitrogens with one attached hydrogen (secondary N) is 1. The molecule has 0 bridgehead atoms. The lowest BCUT2D eigenvalue weighted by Crippen LogP contribution is -2.14. The van der Waals surface area contributed by atoms with Crippen LogP contribution in [-0.4, -0.2) is 56.6 Å². The summed E-state index contributed by atoms with van der Waals surface area (Å²) < 4.78 is 37.4. The van der Waals surface area contributed by atoms with E-state index in [1.165, 1.54) is 7.11 Å². The summed E-state index contributed by atoms with van der Waals surface area (Å²) in [5.74, 6) is -1.24. The van der Waals surface area contributed by atoms with Crippen molar-refractivity contribution in [3.63, 3.8) is 0 Å². The van der Waals surface area contributed by atoms with E-state index in [1.54, 1.807) is 30.3 Å². The van der Waals surface area contributed by atoms with E-state index in [1.807, 2.05) is 0 Å². The maximum absolute atomic E-state index is 12.2. The quantitative estimate of drug-likeness (QED) is 0.304. The number of nitro benzene ring substituents is 1. The van der Waals surface area contributed by atoms with Gasteiger partial charge in [-0.1, -0.05) is 18.2 Å². The number of carbonyl (C=O) groups excluding carboxylic acids is 1. The average Bonchev–Trinajstić information content (AvgIpc) is 3.17. The summed E-state index contributed by atoms with van der Waals surface area (Å²) >= 11 is 0. The minimum absolute atomic E-state index is 0. The number of benzene rings is 2. The predicted molar refractivity (Wildman–Crippen MR) is 100 cm³/mol. The predicted octanol–water partition coefficient (Wildman–Crippen LogP) is 0.253. The second-order valence-corrected chi connectivity index (χ2v) is 6.84. The number of rotatable bonds is 6. The molecule has 0 fully saturated rings. The van der Waals surface area contributed by atoms with E-state index >= 15 is 0 Å². The number of para-hydroxylation sites is 1. The van der Waals surface area contributed by atoms with Gasteiger partial charge in [0.05, 0.1) is 18.1 Å². The van der Waals surface area contributed by atoms with Crippen molar-refractivity contribution in [3.8, 4) is 11.4 Å². The monoisotopic (exact) mass is 438 g/mol. The molecule has 0 saturated heterocycles.